The van der Waals surface area contributed by atoms with E-state index in [1.165, 1.54) is 12.3 Å². The smallest absolute Gasteiger partial charge is 0.244 e. The average Bonchev–Trinajstić information content (AvgIpc) is 3.06. The van der Waals surface area contributed by atoms with Crippen molar-refractivity contribution in [3.8, 4) is 5.75 Å². The average molecular weight is 370 g/mol. The van der Waals surface area contributed by atoms with E-state index < -0.39 is 0 Å². The third kappa shape index (κ3) is 3.47. The van der Waals surface area contributed by atoms with Crippen molar-refractivity contribution in [2.24, 2.45) is 0 Å². The fraction of sp³-hybridized carbons (Fsp3) is 0.400. The van der Waals surface area contributed by atoms with Crippen molar-refractivity contribution < 1.29 is 14.3 Å². The SMILES string of the molecule is Cc1ccc(N2CCC(N3CCN(c4ccc(O)cn4)CC3)C2=O)cc1F. The van der Waals surface area contributed by atoms with Crippen LogP contribution in [0.3, 0.4) is 0 Å². The van der Waals surface area contributed by atoms with Crippen LogP contribution in [0, 0.1) is 12.7 Å². The van der Waals surface area contributed by atoms with E-state index in [-0.39, 0.29) is 23.5 Å². The number of aryl methyl sites for hydroxylation is 1. The Morgan fingerprint density at radius 3 is 2.56 bits per heavy atom. The van der Waals surface area contributed by atoms with E-state index in [0.29, 0.717) is 17.8 Å². The zero-order chi connectivity index (χ0) is 19.0. The van der Waals surface area contributed by atoms with E-state index in [0.717, 1.165) is 38.4 Å². The van der Waals surface area contributed by atoms with Gasteiger partial charge in [0.15, 0.2) is 0 Å². The number of hydrogen-bond acceptors (Lipinski definition) is 5. The number of hydrogen-bond donors (Lipinski definition) is 1. The summed E-state index contributed by atoms with van der Waals surface area (Å²) in [5.74, 6) is 0.761. The summed E-state index contributed by atoms with van der Waals surface area (Å²) in [6.07, 6.45) is 2.20. The lowest BCUT2D eigenvalue weighted by atomic mass is 10.1. The first-order chi connectivity index (χ1) is 13.0. The van der Waals surface area contributed by atoms with Crippen LogP contribution >= 0.6 is 0 Å². The molecule has 6 nitrogen and oxygen atoms in total. The fourth-order valence-electron chi connectivity index (χ4n) is 3.84. The highest BCUT2D eigenvalue weighted by Crippen LogP contribution is 2.27. The van der Waals surface area contributed by atoms with Crippen LogP contribution in [-0.4, -0.2) is 59.7 Å². The molecule has 0 saturated carbocycles. The minimum Gasteiger partial charge on any atom is -0.506 e. The van der Waals surface area contributed by atoms with Gasteiger partial charge in [0.1, 0.15) is 17.4 Å². The molecule has 142 valence electrons. The Morgan fingerprint density at radius 1 is 1.11 bits per heavy atom. The van der Waals surface area contributed by atoms with Crippen LogP contribution in [0.2, 0.25) is 0 Å². The zero-order valence-corrected chi connectivity index (χ0v) is 15.3. The number of carbonyl (C=O) groups is 1. The van der Waals surface area contributed by atoms with Gasteiger partial charge >= 0.3 is 0 Å². The second kappa shape index (κ2) is 7.15. The van der Waals surface area contributed by atoms with Gasteiger partial charge in [-0.1, -0.05) is 6.07 Å². The van der Waals surface area contributed by atoms with Crippen LogP contribution in [0.5, 0.6) is 5.75 Å². The van der Waals surface area contributed by atoms with Gasteiger partial charge in [0.2, 0.25) is 5.91 Å². The third-order valence-electron chi connectivity index (χ3n) is 5.46. The van der Waals surface area contributed by atoms with Crippen molar-refractivity contribution in [1.82, 2.24) is 9.88 Å². The van der Waals surface area contributed by atoms with Crippen LogP contribution in [0.25, 0.3) is 0 Å². The molecule has 27 heavy (non-hydrogen) atoms. The predicted molar refractivity (Wildman–Crippen MR) is 102 cm³/mol. The zero-order valence-electron chi connectivity index (χ0n) is 15.3. The number of halogens is 1. The molecule has 1 amide bonds. The number of aromatic hydroxyl groups is 1. The summed E-state index contributed by atoms with van der Waals surface area (Å²) >= 11 is 0. The van der Waals surface area contributed by atoms with Crippen molar-refractivity contribution in [2.75, 3.05) is 42.5 Å². The standard InChI is InChI=1S/C20H23FN4O2/c1-14-2-3-15(12-17(14)21)25-7-6-18(20(25)27)23-8-10-24(11-9-23)19-5-4-16(26)13-22-19/h2-5,12-13,18,26H,6-11H2,1H3. The first kappa shape index (κ1) is 17.7. The van der Waals surface area contributed by atoms with Gasteiger partial charge in [-0.25, -0.2) is 9.37 Å². The van der Waals surface area contributed by atoms with E-state index in [1.807, 2.05) is 6.07 Å². The Labute approximate surface area is 157 Å². The van der Waals surface area contributed by atoms with Crippen molar-refractivity contribution in [3.05, 3.63) is 47.9 Å². The summed E-state index contributed by atoms with van der Waals surface area (Å²) in [6.45, 7) is 5.44. The maximum absolute atomic E-state index is 13.9. The van der Waals surface area contributed by atoms with Crippen LogP contribution in [0.4, 0.5) is 15.9 Å². The normalized spacial score (nSPS) is 21.1. The first-order valence-corrected chi connectivity index (χ1v) is 9.24. The lowest BCUT2D eigenvalue weighted by Crippen LogP contribution is -2.52. The number of carbonyl (C=O) groups excluding carboxylic acids is 1. The molecule has 0 aliphatic carbocycles. The Balaban J connectivity index is 1.39. The number of piperazine rings is 1. The fourth-order valence-corrected chi connectivity index (χ4v) is 3.84. The molecule has 3 heterocycles. The van der Waals surface area contributed by atoms with Gasteiger partial charge in [-0.05, 0) is 43.2 Å². The van der Waals surface area contributed by atoms with E-state index in [1.54, 1.807) is 30.0 Å². The van der Waals surface area contributed by atoms with Gasteiger partial charge < -0.3 is 14.9 Å². The molecule has 1 aromatic carbocycles. The van der Waals surface area contributed by atoms with Crippen LogP contribution in [0.1, 0.15) is 12.0 Å². The van der Waals surface area contributed by atoms with Crippen molar-refractivity contribution in [3.63, 3.8) is 0 Å². The molecule has 1 unspecified atom stereocenters. The number of benzene rings is 1. The van der Waals surface area contributed by atoms with Crippen LogP contribution < -0.4 is 9.80 Å². The van der Waals surface area contributed by atoms with Gasteiger partial charge in [0.05, 0.1) is 12.2 Å². The van der Waals surface area contributed by atoms with Gasteiger partial charge in [0, 0.05) is 38.4 Å². The molecule has 0 spiro atoms. The number of anilines is 2. The Bertz CT molecular complexity index is 834. The van der Waals surface area contributed by atoms with Crippen LogP contribution in [-0.2, 0) is 4.79 Å². The van der Waals surface area contributed by atoms with Gasteiger partial charge in [-0.2, -0.15) is 0 Å². The molecule has 2 saturated heterocycles. The summed E-state index contributed by atoms with van der Waals surface area (Å²) in [5.41, 5.74) is 1.22. The molecule has 2 fully saturated rings. The van der Waals surface area contributed by atoms with E-state index >= 15 is 0 Å². The van der Waals surface area contributed by atoms with E-state index in [2.05, 4.69) is 14.8 Å². The van der Waals surface area contributed by atoms with Crippen LogP contribution in [0.15, 0.2) is 36.5 Å². The summed E-state index contributed by atoms with van der Waals surface area (Å²) in [4.78, 5) is 23.2. The number of aromatic nitrogens is 1. The maximum atomic E-state index is 13.9. The summed E-state index contributed by atoms with van der Waals surface area (Å²) in [7, 11) is 0. The molecule has 1 aromatic heterocycles. The molecular formula is C20H23FN4O2. The third-order valence-corrected chi connectivity index (χ3v) is 5.46. The summed E-state index contributed by atoms with van der Waals surface area (Å²) < 4.78 is 13.9. The van der Waals surface area contributed by atoms with Gasteiger partial charge in [-0.15, -0.1) is 0 Å². The van der Waals surface area contributed by atoms with E-state index in [4.69, 9.17) is 0 Å². The maximum Gasteiger partial charge on any atom is 0.244 e. The second-order valence-electron chi connectivity index (χ2n) is 7.13. The molecule has 7 heteroatoms. The number of pyridine rings is 1. The van der Waals surface area contributed by atoms with Crippen molar-refractivity contribution in [1.29, 1.82) is 0 Å². The Morgan fingerprint density at radius 2 is 1.89 bits per heavy atom. The molecule has 2 aliphatic rings. The summed E-state index contributed by atoms with van der Waals surface area (Å²) in [5, 5.41) is 9.37. The highest BCUT2D eigenvalue weighted by atomic mass is 19.1. The lowest BCUT2D eigenvalue weighted by molar-refractivity contribution is -0.121. The first-order valence-electron chi connectivity index (χ1n) is 9.24. The Kier molecular flexibility index (Phi) is 4.70. The molecule has 1 atom stereocenters. The molecule has 0 bridgehead atoms. The lowest BCUT2D eigenvalue weighted by Gasteiger charge is -2.37. The highest BCUT2D eigenvalue weighted by Gasteiger charge is 2.38. The monoisotopic (exact) mass is 370 g/mol. The minimum absolute atomic E-state index is 0.0504. The van der Waals surface area contributed by atoms with Gasteiger partial charge in [0.25, 0.3) is 0 Å². The topological polar surface area (TPSA) is 59.9 Å². The molecule has 1 N–H and O–H groups in total. The molecular weight excluding hydrogens is 347 g/mol. The predicted octanol–water partition coefficient (Wildman–Crippen LogP) is 2.16. The van der Waals surface area contributed by atoms with E-state index in [9.17, 15) is 14.3 Å². The second-order valence-corrected chi connectivity index (χ2v) is 7.13. The molecule has 2 aliphatic heterocycles. The molecule has 2 aromatic rings. The number of nitrogens with zero attached hydrogens (tertiary/aromatic N) is 4. The minimum atomic E-state index is -0.279. The summed E-state index contributed by atoms with van der Waals surface area (Å²) in [6, 6.07) is 8.27. The molecule has 0 radical (unpaired) electrons. The number of amides is 1. The van der Waals surface area contributed by atoms with Gasteiger partial charge in [-0.3, -0.25) is 9.69 Å². The van der Waals surface area contributed by atoms with Crippen molar-refractivity contribution in [2.45, 2.75) is 19.4 Å². The largest absolute Gasteiger partial charge is 0.506 e. The quantitative estimate of drug-likeness (QED) is 0.897. The molecule has 4 rings (SSSR count). The Hall–Kier alpha value is -2.67. The highest BCUT2D eigenvalue weighted by molar-refractivity contribution is 5.99. The van der Waals surface area contributed by atoms with Crippen molar-refractivity contribution >= 4 is 17.4 Å². The number of rotatable bonds is 3.